The summed E-state index contributed by atoms with van der Waals surface area (Å²) in [5.74, 6) is -0.606. The summed E-state index contributed by atoms with van der Waals surface area (Å²) < 4.78 is 31.9. The van der Waals surface area contributed by atoms with Crippen LogP contribution in [0.15, 0.2) is 63.7 Å². The van der Waals surface area contributed by atoms with Gasteiger partial charge in [-0.05, 0) is 41.8 Å². The molecule has 5 N–H and O–H groups in total. The molecule has 0 unspecified atom stereocenters. The number of nitrogens with two attached hydrogens (primary N) is 1. The van der Waals surface area contributed by atoms with E-state index in [9.17, 15) is 22.9 Å². The molecule has 0 aliphatic rings. The Morgan fingerprint density at radius 1 is 1.07 bits per heavy atom. The van der Waals surface area contributed by atoms with Gasteiger partial charge < -0.3 is 16.2 Å². The maximum atomic E-state index is 11.3. The first kappa shape index (κ1) is 19.3. The van der Waals surface area contributed by atoms with E-state index < -0.39 is 20.8 Å². The average molecular weight is 400 g/mol. The lowest BCUT2D eigenvalue weighted by molar-refractivity contribution is -0.114. The lowest BCUT2D eigenvalue weighted by atomic mass is 10.1. The number of nitrogens with zero attached hydrogens (tertiary/aromatic N) is 2. The van der Waals surface area contributed by atoms with Crippen LogP contribution >= 0.6 is 0 Å². The van der Waals surface area contributed by atoms with E-state index in [0.717, 1.165) is 6.07 Å². The highest BCUT2D eigenvalue weighted by molar-refractivity contribution is 7.85. The number of aromatic hydroxyl groups is 1. The summed E-state index contributed by atoms with van der Waals surface area (Å²) in [4.78, 5) is 10.6. The number of benzene rings is 3. The van der Waals surface area contributed by atoms with Crippen molar-refractivity contribution in [1.82, 2.24) is 0 Å². The first-order valence-electron chi connectivity index (χ1n) is 7.97. The molecule has 0 fully saturated rings. The van der Waals surface area contributed by atoms with Crippen molar-refractivity contribution in [3.63, 3.8) is 0 Å². The molecule has 144 valence electrons. The molecular weight excluding hydrogens is 384 g/mol. The molecule has 10 heteroatoms. The molecule has 0 aromatic heterocycles. The maximum absolute atomic E-state index is 11.3. The Morgan fingerprint density at radius 2 is 1.75 bits per heavy atom. The molecule has 3 aromatic rings. The van der Waals surface area contributed by atoms with Crippen molar-refractivity contribution in [1.29, 1.82) is 0 Å². The highest BCUT2D eigenvalue weighted by Crippen LogP contribution is 2.40. The van der Waals surface area contributed by atoms with Gasteiger partial charge in [0.05, 0.1) is 21.7 Å². The van der Waals surface area contributed by atoms with Gasteiger partial charge in [0.25, 0.3) is 10.1 Å². The van der Waals surface area contributed by atoms with Crippen LogP contribution in [0.25, 0.3) is 10.8 Å². The third-order valence-electron chi connectivity index (χ3n) is 3.83. The number of carbonyl (C=O) groups excluding carboxylic acids is 1. The number of phenolic OH excluding ortho intramolecular Hbond substituents is 1. The average Bonchev–Trinajstić information content (AvgIpc) is 2.61. The van der Waals surface area contributed by atoms with Crippen LogP contribution in [-0.4, -0.2) is 24.0 Å². The molecule has 0 bridgehead atoms. The van der Waals surface area contributed by atoms with Crippen molar-refractivity contribution >= 4 is 49.5 Å². The number of fused-ring (bicyclic) bond motifs is 1. The lowest BCUT2D eigenvalue weighted by Crippen LogP contribution is -2.04. The number of hydrogen-bond donors (Lipinski definition) is 4. The van der Waals surface area contributed by atoms with Crippen LogP contribution in [0.3, 0.4) is 0 Å². The summed E-state index contributed by atoms with van der Waals surface area (Å²) in [5, 5.41) is 21.6. The molecule has 0 saturated carbocycles. The monoisotopic (exact) mass is 400 g/mol. The van der Waals surface area contributed by atoms with Gasteiger partial charge in [0, 0.05) is 18.7 Å². The molecule has 0 radical (unpaired) electrons. The fourth-order valence-corrected chi connectivity index (χ4v) is 3.13. The number of hydrogen-bond acceptors (Lipinski definition) is 7. The van der Waals surface area contributed by atoms with Crippen LogP contribution < -0.4 is 11.1 Å². The molecule has 0 atom stereocenters. The van der Waals surface area contributed by atoms with Gasteiger partial charge in [0.2, 0.25) is 5.91 Å². The molecule has 3 aromatic carbocycles. The van der Waals surface area contributed by atoms with E-state index in [1.54, 1.807) is 24.3 Å². The largest absolute Gasteiger partial charge is 0.507 e. The Kier molecular flexibility index (Phi) is 4.99. The number of phenols is 1. The second kappa shape index (κ2) is 7.25. The minimum absolute atomic E-state index is 0.155. The molecule has 0 saturated heterocycles. The quantitative estimate of drug-likeness (QED) is 0.297. The number of nitrogen functional groups attached to an aromatic ring is 1. The van der Waals surface area contributed by atoms with E-state index in [1.165, 1.54) is 25.1 Å². The van der Waals surface area contributed by atoms with Crippen LogP contribution in [0.5, 0.6) is 5.75 Å². The Bertz CT molecular complexity index is 1200. The molecule has 0 heterocycles. The van der Waals surface area contributed by atoms with Crippen LogP contribution in [0.2, 0.25) is 0 Å². The highest BCUT2D eigenvalue weighted by atomic mass is 32.2. The Labute approximate surface area is 160 Å². The van der Waals surface area contributed by atoms with E-state index in [0.29, 0.717) is 16.8 Å². The lowest BCUT2D eigenvalue weighted by Gasteiger charge is -2.09. The van der Waals surface area contributed by atoms with Crippen molar-refractivity contribution in [3.8, 4) is 5.75 Å². The Hall–Kier alpha value is -3.50. The van der Waals surface area contributed by atoms with Crippen LogP contribution in [0, 0.1) is 0 Å². The zero-order chi connectivity index (χ0) is 20.5. The van der Waals surface area contributed by atoms with Crippen molar-refractivity contribution in [2.45, 2.75) is 11.8 Å². The van der Waals surface area contributed by atoms with Crippen molar-refractivity contribution < 1.29 is 22.9 Å². The van der Waals surface area contributed by atoms with Crippen molar-refractivity contribution in [2.24, 2.45) is 10.2 Å². The number of azo groups is 1. The van der Waals surface area contributed by atoms with Gasteiger partial charge in [-0.2, -0.15) is 13.5 Å². The van der Waals surface area contributed by atoms with Gasteiger partial charge in [0.1, 0.15) is 11.4 Å². The second-order valence-corrected chi connectivity index (χ2v) is 7.37. The second-order valence-electron chi connectivity index (χ2n) is 5.95. The summed E-state index contributed by atoms with van der Waals surface area (Å²) in [5.41, 5.74) is 7.40. The predicted octanol–water partition coefficient (Wildman–Crippen LogP) is 3.75. The van der Waals surface area contributed by atoms with Gasteiger partial charge in [-0.3, -0.25) is 9.35 Å². The molecule has 9 nitrogen and oxygen atoms in total. The van der Waals surface area contributed by atoms with Crippen molar-refractivity contribution in [2.75, 3.05) is 11.1 Å². The van der Waals surface area contributed by atoms with E-state index in [1.807, 2.05) is 0 Å². The molecule has 3 rings (SSSR count). The zero-order valence-corrected chi connectivity index (χ0v) is 15.4. The van der Waals surface area contributed by atoms with Gasteiger partial charge in [-0.15, -0.1) is 5.11 Å². The fourth-order valence-electron chi connectivity index (χ4n) is 2.59. The van der Waals surface area contributed by atoms with Gasteiger partial charge in [0.15, 0.2) is 0 Å². The number of carbonyl (C=O) groups is 1. The highest BCUT2D eigenvalue weighted by Gasteiger charge is 2.16. The van der Waals surface area contributed by atoms with Crippen LogP contribution in [0.4, 0.5) is 22.7 Å². The van der Waals surface area contributed by atoms with Crippen LogP contribution in [-0.2, 0) is 14.9 Å². The van der Waals surface area contributed by atoms with E-state index in [-0.39, 0.29) is 22.7 Å². The third-order valence-corrected chi connectivity index (χ3v) is 4.66. The van der Waals surface area contributed by atoms with Gasteiger partial charge >= 0.3 is 0 Å². The SMILES string of the molecule is CC(=O)Nc1ccc(N=Nc2c(N)ccc3cc(S(=O)(=O)O)cc(O)c23)cc1. The Morgan fingerprint density at radius 3 is 2.36 bits per heavy atom. The minimum Gasteiger partial charge on any atom is -0.507 e. The summed E-state index contributed by atoms with van der Waals surface area (Å²) >= 11 is 0. The van der Waals surface area contributed by atoms with E-state index >= 15 is 0 Å². The molecule has 0 aliphatic heterocycles. The first-order chi connectivity index (χ1) is 13.1. The molecule has 0 spiro atoms. The smallest absolute Gasteiger partial charge is 0.294 e. The number of rotatable bonds is 4. The minimum atomic E-state index is -4.48. The molecular formula is C18H16N4O5S. The van der Waals surface area contributed by atoms with E-state index in [2.05, 4.69) is 15.5 Å². The summed E-state index contributed by atoms with van der Waals surface area (Å²) in [6.45, 7) is 1.40. The molecule has 1 amide bonds. The molecule has 0 aliphatic carbocycles. The summed E-state index contributed by atoms with van der Waals surface area (Å²) in [6, 6.07) is 11.7. The topological polar surface area (TPSA) is 154 Å². The normalized spacial score (nSPS) is 11.8. The number of nitrogens with one attached hydrogen (secondary N) is 1. The Balaban J connectivity index is 2.04. The number of anilines is 2. The zero-order valence-electron chi connectivity index (χ0n) is 14.6. The predicted molar refractivity (Wildman–Crippen MR) is 105 cm³/mol. The van der Waals surface area contributed by atoms with Crippen molar-refractivity contribution in [3.05, 3.63) is 48.5 Å². The van der Waals surface area contributed by atoms with E-state index in [4.69, 9.17) is 5.73 Å². The standard InChI is InChI=1S/C18H16N4O5S/c1-10(23)20-12-3-5-13(6-4-12)21-22-18-15(19)7-2-11-8-14(28(25,26)27)9-16(24)17(11)18/h2-9,24H,19H2,1H3,(H,20,23)(H,25,26,27). The third kappa shape index (κ3) is 4.08. The van der Waals surface area contributed by atoms with Gasteiger partial charge in [-0.1, -0.05) is 6.07 Å². The first-order valence-corrected chi connectivity index (χ1v) is 9.41. The summed E-state index contributed by atoms with van der Waals surface area (Å²) in [7, 11) is -4.48. The summed E-state index contributed by atoms with van der Waals surface area (Å²) in [6.07, 6.45) is 0. The van der Waals surface area contributed by atoms with Gasteiger partial charge in [-0.25, -0.2) is 0 Å². The fraction of sp³-hybridized carbons (Fsp3) is 0.0556. The number of amides is 1. The molecule has 28 heavy (non-hydrogen) atoms. The maximum Gasteiger partial charge on any atom is 0.294 e. The van der Waals surface area contributed by atoms with Crippen LogP contribution in [0.1, 0.15) is 6.92 Å².